The summed E-state index contributed by atoms with van der Waals surface area (Å²) in [6.45, 7) is 6.25. The van der Waals surface area contributed by atoms with E-state index < -0.39 is 0 Å². The van der Waals surface area contributed by atoms with Gasteiger partial charge in [-0.05, 0) is 62.2 Å². The first-order chi connectivity index (χ1) is 11.5. The average Bonchev–Trinajstić information content (AvgIpc) is 2.55. The maximum absolute atomic E-state index is 11.7. The van der Waals surface area contributed by atoms with E-state index in [2.05, 4.69) is 38.2 Å². The van der Waals surface area contributed by atoms with Crippen molar-refractivity contribution in [3.63, 3.8) is 0 Å². The summed E-state index contributed by atoms with van der Waals surface area (Å²) in [5.41, 5.74) is 5.85. The number of carbonyl (C=O) groups excluding carboxylic acids is 1. The Morgan fingerprint density at radius 2 is 1.80 bits per heavy atom. The van der Waals surface area contributed by atoms with Crippen LogP contribution < -0.4 is 5.32 Å². The van der Waals surface area contributed by atoms with Crippen LogP contribution in [0.2, 0.25) is 0 Å². The molecule has 0 saturated carbocycles. The summed E-state index contributed by atoms with van der Waals surface area (Å²) in [4.78, 5) is 16.4. The van der Waals surface area contributed by atoms with Crippen LogP contribution in [0.3, 0.4) is 0 Å². The first-order valence-corrected chi connectivity index (χ1v) is 7.82. The van der Waals surface area contributed by atoms with E-state index in [1.54, 1.807) is 12.1 Å². The van der Waals surface area contributed by atoms with Crippen molar-refractivity contribution in [2.24, 2.45) is 0 Å². The van der Waals surface area contributed by atoms with Crippen LogP contribution in [0.25, 0.3) is 10.9 Å². The molecule has 0 aliphatic rings. The van der Waals surface area contributed by atoms with Gasteiger partial charge in [0, 0.05) is 11.1 Å². The minimum Gasteiger partial charge on any atom is -0.465 e. The molecule has 4 nitrogen and oxygen atoms in total. The Kier molecular flexibility index (Phi) is 5.65. The van der Waals surface area contributed by atoms with Crippen LogP contribution >= 0.6 is 12.4 Å². The zero-order valence-electron chi connectivity index (χ0n) is 14.7. The Morgan fingerprint density at radius 3 is 2.52 bits per heavy atom. The molecular formula is C20H21ClN2O2. The van der Waals surface area contributed by atoms with Gasteiger partial charge in [-0.3, -0.25) is 0 Å². The second kappa shape index (κ2) is 7.53. The van der Waals surface area contributed by atoms with E-state index in [0.717, 1.165) is 22.6 Å². The fourth-order valence-corrected chi connectivity index (χ4v) is 2.90. The highest BCUT2D eigenvalue weighted by Gasteiger charge is 2.09. The van der Waals surface area contributed by atoms with Gasteiger partial charge in [-0.25, -0.2) is 9.78 Å². The molecule has 5 heteroatoms. The molecule has 0 radical (unpaired) electrons. The highest BCUT2D eigenvalue weighted by molar-refractivity contribution is 5.91. The van der Waals surface area contributed by atoms with Crippen molar-refractivity contribution in [1.29, 1.82) is 0 Å². The zero-order valence-corrected chi connectivity index (χ0v) is 15.5. The topological polar surface area (TPSA) is 51.2 Å². The molecule has 1 aromatic heterocycles. The Balaban J connectivity index is 0.00000225. The van der Waals surface area contributed by atoms with Gasteiger partial charge in [-0.1, -0.05) is 17.7 Å². The summed E-state index contributed by atoms with van der Waals surface area (Å²) in [5, 5.41) is 4.45. The van der Waals surface area contributed by atoms with Gasteiger partial charge < -0.3 is 10.1 Å². The first-order valence-electron chi connectivity index (χ1n) is 7.82. The molecular weight excluding hydrogens is 336 g/mol. The minimum absolute atomic E-state index is 0. The molecule has 0 atom stereocenters. The summed E-state index contributed by atoms with van der Waals surface area (Å²) < 4.78 is 4.76. The highest BCUT2D eigenvalue weighted by Crippen LogP contribution is 2.26. The number of esters is 1. The van der Waals surface area contributed by atoms with Crippen molar-refractivity contribution >= 4 is 40.8 Å². The van der Waals surface area contributed by atoms with Gasteiger partial charge >= 0.3 is 5.97 Å². The van der Waals surface area contributed by atoms with Crippen LogP contribution in [0.1, 0.15) is 27.0 Å². The number of nitrogens with zero attached hydrogens (tertiary/aromatic N) is 1. The number of nitrogens with one attached hydrogen (secondary N) is 1. The van der Waals surface area contributed by atoms with Gasteiger partial charge in [0.25, 0.3) is 0 Å². The van der Waals surface area contributed by atoms with Crippen LogP contribution in [0, 0.1) is 20.8 Å². The Morgan fingerprint density at radius 1 is 1.04 bits per heavy atom. The molecule has 0 aliphatic carbocycles. The Labute approximate surface area is 153 Å². The first kappa shape index (κ1) is 18.7. The molecule has 2 aromatic carbocycles. The van der Waals surface area contributed by atoms with Gasteiger partial charge in [0.15, 0.2) is 0 Å². The third-order valence-electron chi connectivity index (χ3n) is 4.01. The number of ether oxygens (including phenoxy) is 1. The van der Waals surface area contributed by atoms with E-state index in [1.807, 2.05) is 18.2 Å². The molecule has 1 N–H and O–H groups in total. The lowest BCUT2D eigenvalue weighted by Gasteiger charge is -2.12. The summed E-state index contributed by atoms with van der Waals surface area (Å²) in [7, 11) is 1.38. The van der Waals surface area contributed by atoms with E-state index in [9.17, 15) is 4.79 Å². The number of methoxy groups -OCH3 is 1. The highest BCUT2D eigenvalue weighted by atomic mass is 35.5. The maximum Gasteiger partial charge on any atom is 0.337 e. The van der Waals surface area contributed by atoms with Crippen LogP contribution in [0.15, 0.2) is 42.5 Å². The van der Waals surface area contributed by atoms with Crippen molar-refractivity contribution in [1.82, 2.24) is 4.98 Å². The number of benzene rings is 2. The number of hydrogen-bond acceptors (Lipinski definition) is 4. The van der Waals surface area contributed by atoms with Crippen LogP contribution in [-0.4, -0.2) is 18.1 Å². The van der Waals surface area contributed by atoms with E-state index in [0.29, 0.717) is 5.56 Å². The van der Waals surface area contributed by atoms with Crippen molar-refractivity contribution in [2.75, 3.05) is 12.4 Å². The summed E-state index contributed by atoms with van der Waals surface area (Å²) >= 11 is 0. The molecule has 0 spiro atoms. The van der Waals surface area contributed by atoms with Gasteiger partial charge in [0.1, 0.15) is 5.82 Å². The molecule has 0 aliphatic heterocycles. The lowest BCUT2D eigenvalue weighted by Crippen LogP contribution is -2.02. The van der Waals surface area contributed by atoms with Crippen LogP contribution in [-0.2, 0) is 4.74 Å². The number of anilines is 2. The predicted molar refractivity (Wildman–Crippen MR) is 104 cm³/mol. The van der Waals surface area contributed by atoms with E-state index >= 15 is 0 Å². The fourth-order valence-electron chi connectivity index (χ4n) is 2.90. The smallest absolute Gasteiger partial charge is 0.337 e. The number of carbonyl (C=O) groups is 1. The van der Waals surface area contributed by atoms with E-state index in [4.69, 9.17) is 9.72 Å². The van der Waals surface area contributed by atoms with Crippen molar-refractivity contribution in [2.45, 2.75) is 20.8 Å². The fraction of sp³-hybridized carbons (Fsp3) is 0.200. The molecule has 0 bridgehead atoms. The van der Waals surface area contributed by atoms with Crippen molar-refractivity contribution in [3.8, 4) is 0 Å². The number of hydrogen-bond donors (Lipinski definition) is 1. The third-order valence-corrected chi connectivity index (χ3v) is 4.01. The lowest BCUT2D eigenvalue weighted by atomic mass is 10.0. The maximum atomic E-state index is 11.7. The van der Waals surface area contributed by atoms with Gasteiger partial charge in [0.05, 0.1) is 18.2 Å². The van der Waals surface area contributed by atoms with Crippen LogP contribution in [0.4, 0.5) is 11.5 Å². The van der Waals surface area contributed by atoms with Gasteiger partial charge in [-0.15, -0.1) is 12.4 Å². The summed E-state index contributed by atoms with van der Waals surface area (Å²) in [6.07, 6.45) is 0. The monoisotopic (exact) mass is 356 g/mol. The quantitative estimate of drug-likeness (QED) is 0.662. The Bertz CT molecular complexity index is 938. The Hall–Kier alpha value is -2.59. The number of aryl methyl sites for hydroxylation is 3. The van der Waals surface area contributed by atoms with Crippen molar-refractivity contribution < 1.29 is 9.53 Å². The zero-order chi connectivity index (χ0) is 17.3. The summed E-state index contributed by atoms with van der Waals surface area (Å²) in [6, 6.07) is 13.5. The normalized spacial score (nSPS) is 10.2. The van der Waals surface area contributed by atoms with Gasteiger partial charge in [-0.2, -0.15) is 0 Å². The van der Waals surface area contributed by atoms with E-state index in [1.165, 1.54) is 23.6 Å². The molecule has 0 saturated heterocycles. The largest absolute Gasteiger partial charge is 0.465 e. The van der Waals surface area contributed by atoms with Crippen LogP contribution in [0.5, 0.6) is 0 Å². The number of aromatic nitrogens is 1. The second-order valence-corrected chi connectivity index (χ2v) is 6.00. The molecule has 1 heterocycles. The second-order valence-electron chi connectivity index (χ2n) is 6.00. The molecule has 3 rings (SSSR count). The molecule has 0 fully saturated rings. The van der Waals surface area contributed by atoms with E-state index in [-0.39, 0.29) is 18.4 Å². The minimum atomic E-state index is -0.354. The number of halogens is 1. The molecule has 3 aromatic rings. The van der Waals surface area contributed by atoms with Gasteiger partial charge in [0.2, 0.25) is 0 Å². The lowest BCUT2D eigenvalue weighted by molar-refractivity contribution is 0.0601. The standard InChI is InChI=1S/C20H20N2O2.ClH/c1-12-8-14(3)19-17(9-12)13(2)10-18(22-19)21-16-7-5-6-15(11-16)20(23)24-4;/h5-11H,1-4H3,(H,21,22);1H. The van der Waals surface area contributed by atoms with Crippen molar-refractivity contribution in [3.05, 3.63) is 64.7 Å². The number of fused-ring (bicyclic) bond motifs is 1. The predicted octanol–water partition coefficient (Wildman–Crippen LogP) is 5.11. The number of pyridine rings is 1. The third kappa shape index (κ3) is 3.91. The molecule has 130 valence electrons. The number of rotatable bonds is 3. The molecule has 25 heavy (non-hydrogen) atoms. The summed E-state index contributed by atoms with van der Waals surface area (Å²) in [5.74, 6) is 0.404. The molecule has 0 unspecified atom stereocenters. The molecule has 0 amide bonds. The SMILES string of the molecule is COC(=O)c1cccc(Nc2cc(C)c3cc(C)cc(C)c3n2)c1.Cl. The average molecular weight is 357 g/mol.